The molecule has 136 valence electrons. The molecular weight excluding hydrogens is 320 g/mol. The Labute approximate surface area is 148 Å². The lowest BCUT2D eigenvalue weighted by Gasteiger charge is -2.34. The van der Waals surface area contributed by atoms with E-state index < -0.39 is 0 Å². The fourth-order valence-corrected chi connectivity index (χ4v) is 3.35. The number of anilines is 1. The number of rotatable bonds is 4. The molecular formula is C18H26N4O3. The van der Waals surface area contributed by atoms with Crippen molar-refractivity contribution in [2.24, 2.45) is 0 Å². The molecule has 1 aromatic rings. The summed E-state index contributed by atoms with van der Waals surface area (Å²) in [4.78, 5) is 30.6. The number of methoxy groups -OCH3 is 1. The van der Waals surface area contributed by atoms with E-state index in [-0.39, 0.29) is 18.0 Å². The zero-order valence-electron chi connectivity index (χ0n) is 14.9. The maximum absolute atomic E-state index is 12.4. The van der Waals surface area contributed by atoms with Gasteiger partial charge in [0.15, 0.2) is 0 Å². The van der Waals surface area contributed by atoms with Gasteiger partial charge in [-0.15, -0.1) is 0 Å². The smallest absolute Gasteiger partial charge is 0.317 e. The largest absolute Gasteiger partial charge is 0.497 e. The van der Waals surface area contributed by atoms with E-state index in [2.05, 4.69) is 17.1 Å². The van der Waals surface area contributed by atoms with E-state index in [1.54, 1.807) is 12.0 Å². The zero-order chi connectivity index (χ0) is 17.8. The lowest BCUT2D eigenvalue weighted by molar-refractivity contribution is -0.117. The average molecular weight is 346 g/mol. The monoisotopic (exact) mass is 346 g/mol. The van der Waals surface area contributed by atoms with Crippen molar-refractivity contribution in [1.29, 1.82) is 0 Å². The first-order chi connectivity index (χ1) is 12.1. The van der Waals surface area contributed by atoms with Crippen LogP contribution in [0.3, 0.4) is 0 Å². The summed E-state index contributed by atoms with van der Waals surface area (Å²) in [6, 6.07) is 7.19. The summed E-state index contributed by atoms with van der Waals surface area (Å²) >= 11 is 0. The van der Waals surface area contributed by atoms with E-state index in [0.717, 1.165) is 44.2 Å². The van der Waals surface area contributed by atoms with Gasteiger partial charge in [0.1, 0.15) is 5.75 Å². The fourth-order valence-electron chi connectivity index (χ4n) is 3.35. The molecule has 7 heteroatoms. The molecule has 7 nitrogen and oxygen atoms in total. The predicted molar refractivity (Wildman–Crippen MR) is 96.0 cm³/mol. The number of benzene rings is 1. The van der Waals surface area contributed by atoms with Crippen molar-refractivity contribution in [2.45, 2.75) is 19.4 Å². The maximum atomic E-state index is 12.4. The highest BCUT2D eigenvalue weighted by Gasteiger charge is 2.33. The molecule has 3 amide bonds. The van der Waals surface area contributed by atoms with Crippen LogP contribution < -0.4 is 15.0 Å². The number of likely N-dealkylation sites (N-methyl/N-ethyl adjacent to an activating group) is 1. The Balaban J connectivity index is 1.54. The second kappa shape index (κ2) is 7.74. The van der Waals surface area contributed by atoms with Gasteiger partial charge in [-0.25, -0.2) is 4.79 Å². The van der Waals surface area contributed by atoms with Crippen LogP contribution in [-0.2, 0) is 4.79 Å². The van der Waals surface area contributed by atoms with Crippen molar-refractivity contribution < 1.29 is 14.3 Å². The molecule has 2 heterocycles. The first kappa shape index (κ1) is 17.5. The van der Waals surface area contributed by atoms with Crippen LogP contribution in [0.25, 0.3) is 0 Å². The highest BCUT2D eigenvalue weighted by Crippen LogP contribution is 2.24. The number of carbonyl (C=O) groups is 2. The van der Waals surface area contributed by atoms with Crippen molar-refractivity contribution in [1.82, 2.24) is 15.1 Å². The number of piperazine rings is 1. The van der Waals surface area contributed by atoms with E-state index in [1.807, 2.05) is 29.2 Å². The van der Waals surface area contributed by atoms with Crippen molar-refractivity contribution in [2.75, 3.05) is 51.3 Å². The second-order valence-electron chi connectivity index (χ2n) is 6.47. The highest BCUT2D eigenvalue weighted by atomic mass is 16.5. The van der Waals surface area contributed by atoms with Crippen molar-refractivity contribution in [3.05, 3.63) is 24.3 Å². The van der Waals surface area contributed by atoms with Gasteiger partial charge in [0.05, 0.1) is 13.2 Å². The molecule has 0 aromatic heterocycles. The molecule has 0 unspecified atom stereocenters. The molecule has 1 atom stereocenters. The van der Waals surface area contributed by atoms with Gasteiger partial charge in [0.25, 0.3) is 0 Å². The number of carbonyl (C=O) groups excluding carboxylic acids is 2. The minimum atomic E-state index is -0.147. The molecule has 2 saturated heterocycles. The molecule has 1 N–H and O–H groups in total. The van der Waals surface area contributed by atoms with Gasteiger partial charge < -0.3 is 24.8 Å². The molecule has 0 aliphatic carbocycles. The number of urea groups is 1. The highest BCUT2D eigenvalue weighted by molar-refractivity contribution is 5.96. The molecule has 1 aromatic carbocycles. The molecule has 3 rings (SSSR count). The van der Waals surface area contributed by atoms with E-state index in [1.165, 1.54) is 0 Å². The number of nitrogens with zero attached hydrogens (tertiary/aromatic N) is 3. The Hall–Kier alpha value is -2.28. The van der Waals surface area contributed by atoms with E-state index in [9.17, 15) is 9.59 Å². The summed E-state index contributed by atoms with van der Waals surface area (Å²) in [6.07, 6.45) is 0.340. The molecule has 0 saturated carbocycles. The molecule has 0 spiro atoms. The summed E-state index contributed by atoms with van der Waals surface area (Å²) in [7, 11) is 1.61. The topological polar surface area (TPSA) is 65.1 Å². The lowest BCUT2D eigenvalue weighted by Crippen LogP contribution is -2.53. The summed E-state index contributed by atoms with van der Waals surface area (Å²) in [5, 5.41) is 3.02. The molecule has 2 fully saturated rings. The summed E-state index contributed by atoms with van der Waals surface area (Å²) in [5.74, 6) is 0.790. The third-order valence-electron chi connectivity index (χ3n) is 4.94. The van der Waals surface area contributed by atoms with Crippen LogP contribution >= 0.6 is 0 Å². The van der Waals surface area contributed by atoms with Crippen LogP contribution in [0.2, 0.25) is 0 Å². The van der Waals surface area contributed by atoms with Crippen molar-refractivity contribution in [3.8, 4) is 5.75 Å². The second-order valence-corrected chi connectivity index (χ2v) is 6.47. The van der Waals surface area contributed by atoms with Crippen LogP contribution in [0.4, 0.5) is 10.5 Å². The van der Waals surface area contributed by atoms with E-state index in [4.69, 9.17) is 4.74 Å². The summed E-state index contributed by atoms with van der Waals surface area (Å²) in [5.41, 5.74) is 0.833. The first-order valence-corrected chi connectivity index (χ1v) is 8.83. The van der Waals surface area contributed by atoms with Gasteiger partial charge >= 0.3 is 6.03 Å². The summed E-state index contributed by atoms with van der Waals surface area (Å²) < 4.78 is 5.15. The third-order valence-corrected chi connectivity index (χ3v) is 4.94. The molecule has 0 bridgehead atoms. The van der Waals surface area contributed by atoms with E-state index >= 15 is 0 Å². The van der Waals surface area contributed by atoms with Gasteiger partial charge in [-0.2, -0.15) is 0 Å². The van der Waals surface area contributed by atoms with Crippen molar-refractivity contribution in [3.63, 3.8) is 0 Å². The van der Waals surface area contributed by atoms with Crippen LogP contribution in [-0.4, -0.2) is 74.2 Å². The Morgan fingerprint density at radius 2 is 1.88 bits per heavy atom. The van der Waals surface area contributed by atoms with Gasteiger partial charge in [-0.3, -0.25) is 4.79 Å². The molecule has 0 radical (unpaired) electrons. The molecule has 2 aliphatic heterocycles. The predicted octanol–water partition coefficient (Wildman–Crippen LogP) is 1.15. The maximum Gasteiger partial charge on any atom is 0.317 e. The number of hydrogen-bond donors (Lipinski definition) is 1. The quantitative estimate of drug-likeness (QED) is 0.888. The first-order valence-electron chi connectivity index (χ1n) is 8.83. The Morgan fingerprint density at radius 1 is 1.20 bits per heavy atom. The van der Waals surface area contributed by atoms with Gasteiger partial charge in [0, 0.05) is 44.8 Å². The minimum absolute atomic E-state index is 0.0336. The van der Waals surface area contributed by atoms with Crippen LogP contribution in [0, 0.1) is 0 Å². The molecule has 25 heavy (non-hydrogen) atoms. The van der Waals surface area contributed by atoms with Gasteiger partial charge in [-0.1, -0.05) is 6.92 Å². The fraction of sp³-hybridized carbons (Fsp3) is 0.556. The van der Waals surface area contributed by atoms with Crippen LogP contribution in [0.5, 0.6) is 5.75 Å². The summed E-state index contributed by atoms with van der Waals surface area (Å²) in [6.45, 7) is 6.95. The van der Waals surface area contributed by atoms with E-state index in [0.29, 0.717) is 13.0 Å². The Bertz CT molecular complexity index is 611. The standard InChI is InChI=1S/C18H26N4O3/c1-3-20-8-10-21(11-9-20)18(24)19-14-12-17(23)22(13-14)15-4-6-16(25-2)7-5-15/h4-7,14H,3,8-13H2,1-2H3,(H,19,24)/t14-/m0/s1. The van der Waals surface area contributed by atoms with Gasteiger partial charge in [0.2, 0.25) is 5.91 Å². The Kier molecular flexibility index (Phi) is 5.43. The minimum Gasteiger partial charge on any atom is -0.497 e. The van der Waals surface area contributed by atoms with Crippen molar-refractivity contribution >= 4 is 17.6 Å². The SMILES string of the molecule is CCN1CCN(C(=O)N[C@H]2CC(=O)N(c3ccc(OC)cc3)C2)CC1. The number of hydrogen-bond acceptors (Lipinski definition) is 4. The number of amides is 3. The normalized spacial score (nSPS) is 21.5. The van der Waals surface area contributed by atoms with Crippen LogP contribution in [0.15, 0.2) is 24.3 Å². The van der Waals surface area contributed by atoms with Gasteiger partial charge in [-0.05, 0) is 30.8 Å². The zero-order valence-corrected chi connectivity index (χ0v) is 14.9. The molecule has 2 aliphatic rings. The number of nitrogens with one attached hydrogen (secondary N) is 1. The lowest BCUT2D eigenvalue weighted by atomic mass is 10.2. The Morgan fingerprint density at radius 3 is 2.48 bits per heavy atom. The van der Waals surface area contributed by atoms with Crippen LogP contribution in [0.1, 0.15) is 13.3 Å². The number of ether oxygens (including phenoxy) is 1. The third kappa shape index (κ3) is 4.04. The average Bonchev–Trinajstić information content (AvgIpc) is 3.02.